The molecule has 0 saturated carbocycles. The van der Waals surface area contributed by atoms with E-state index in [4.69, 9.17) is 26.1 Å². The number of carbonyl (C=O) groups is 2. The Morgan fingerprint density at radius 1 is 1.09 bits per heavy atom. The van der Waals surface area contributed by atoms with Crippen LogP contribution in [0.3, 0.4) is 0 Å². The van der Waals surface area contributed by atoms with Gasteiger partial charge in [0.15, 0.2) is 5.82 Å². The van der Waals surface area contributed by atoms with Crippen LogP contribution in [-0.2, 0) is 9.53 Å². The Hall–Kier alpha value is -4.82. The van der Waals surface area contributed by atoms with Crippen molar-refractivity contribution in [2.75, 3.05) is 46.4 Å². The van der Waals surface area contributed by atoms with Crippen LogP contribution < -0.4 is 4.74 Å². The van der Waals surface area contributed by atoms with Crippen molar-refractivity contribution in [3.8, 4) is 17.3 Å². The largest absolute Gasteiger partial charge is 0.444 e. The highest BCUT2D eigenvalue weighted by molar-refractivity contribution is 6.36. The second kappa shape index (κ2) is 15.2. The Morgan fingerprint density at radius 2 is 1.88 bits per heavy atom. The molecule has 57 heavy (non-hydrogen) atoms. The summed E-state index contributed by atoms with van der Waals surface area (Å²) in [5.41, 5.74) is -0.666. The molecule has 11 nitrogen and oxygen atoms in total. The minimum atomic E-state index is -1.39. The van der Waals surface area contributed by atoms with Gasteiger partial charge < -0.3 is 19.3 Å². The summed E-state index contributed by atoms with van der Waals surface area (Å²) in [5.74, 6) is -1.57. The average Bonchev–Trinajstić information content (AvgIpc) is 3.80. The van der Waals surface area contributed by atoms with Crippen LogP contribution in [0.1, 0.15) is 46.5 Å². The molecule has 2 aromatic carbocycles. The van der Waals surface area contributed by atoms with Gasteiger partial charge in [-0.2, -0.15) is 4.98 Å². The third-order valence-electron chi connectivity index (χ3n) is 11.5. The van der Waals surface area contributed by atoms with Gasteiger partial charge in [-0.15, -0.1) is 0 Å². The van der Waals surface area contributed by atoms with Gasteiger partial charge in [-0.25, -0.2) is 22.5 Å². The van der Waals surface area contributed by atoms with Crippen LogP contribution in [0, 0.1) is 11.7 Å². The lowest BCUT2D eigenvalue weighted by molar-refractivity contribution is -0.405. The van der Waals surface area contributed by atoms with Crippen LogP contribution in [0.2, 0.25) is 5.02 Å². The summed E-state index contributed by atoms with van der Waals surface area (Å²) >= 11 is 6.62. The predicted octanol–water partition coefficient (Wildman–Crippen LogP) is 7.30. The van der Waals surface area contributed by atoms with E-state index in [1.165, 1.54) is 17.2 Å². The smallest absolute Gasteiger partial charge is 0.434 e. The van der Waals surface area contributed by atoms with E-state index in [1.54, 1.807) is 67.8 Å². The van der Waals surface area contributed by atoms with E-state index in [1.807, 2.05) is 18.2 Å². The van der Waals surface area contributed by atoms with Crippen molar-refractivity contribution in [1.82, 2.24) is 29.7 Å². The summed E-state index contributed by atoms with van der Waals surface area (Å²) in [6.45, 7) is 7.11. The van der Waals surface area contributed by atoms with Crippen LogP contribution >= 0.6 is 11.6 Å². The van der Waals surface area contributed by atoms with Gasteiger partial charge >= 0.3 is 17.9 Å². The Bertz CT molecular complexity index is 2300. The fraction of sp³-hybridized carbons (Fsp3) is 0.476. The number of carbonyl (C=O) groups excluding carboxylic acids is 2. The minimum Gasteiger partial charge on any atom is -0.444 e. The second-order valence-corrected chi connectivity index (χ2v) is 17.0. The van der Waals surface area contributed by atoms with Gasteiger partial charge in [0.2, 0.25) is 5.91 Å². The van der Waals surface area contributed by atoms with Crippen LogP contribution in [0.4, 0.5) is 23.8 Å². The molecular weight excluding hydrogens is 759 g/mol. The van der Waals surface area contributed by atoms with E-state index in [0.29, 0.717) is 41.9 Å². The lowest BCUT2D eigenvalue weighted by atomic mass is 9.95. The predicted molar refractivity (Wildman–Crippen MR) is 211 cm³/mol. The number of benzene rings is 2. The molecule has 300 valence electrons. The van der Waals surface area contributed by atoms with E-state index in [9.17, 15) is 14.0 Å². The SMILES string of the molecule is C[N+](=CC1CN(C(=O)/C=C/[C@H]2CCN2C(=O)OC(C)(C)C)C[C@H]1F)c1nc(OC[C@@]23CCCN2C[C@H](F)C3)nc2c(F)c(-c3cccc4cccc(Cl)c34)ncc12. The van der Waals surface area contributed by atoms with Crippen molar-refractivity contribution in [3.63, 3.8) is 0 Å². The lowest BCUT2D eigenvalue weighted by Crippen LogP contribution is -2.51. The number of halogens is 4. The normalized spacial score (nSPS) is 25.4. The molecule has 4 saturated heterocycles. The summed E-state index contributed by atoms with van der Waals surface area (Å²) < 4.78 is 60.4. The Labute approximate surface area is 334 Å². The molecule has 4 fully saturated rings. The molecule has 4 aliphatic heterocycles. The molecule has 0 N–H and O–H groups in total. The number of hydrogen-bond donors (Lipinski definition) is 0. The summed E-state index contributed by atoms with van der Waals surface area (Å²) in [4.78, 5) is 44.6. The molecule has 2 aromatic heterocycles. The number of amides is 2. The van der Waals surface area contributed by atoms with Gasteiger partial charge in [-0.05, 0) is 58.0 Å². The van der Waals surface area contributed by atoms with Gasteiger partial charge in [0.25, 0.3) is 0 Å². The number of aromatic nitrogens is 3. The van der Waals surface area contributed by atoms with Crippen LogP contribution in [0.25, 0.3) is 32.9 Å². The number of hydrogen-bond acceptors (Lipinski definition) is 8. The monoisotopic (exact) mass is 804 g/mol. The van der Waals surface area contributed by atoms with Crippen LogP contribution in [-0.4, -0.2) is 128 Å². The fourth-order valence-electron chi connectivity index (χ4n) is 8.60. The number of likely N-dealkylation sites (tertiary alicyclic amines) is 2. The van der Waals surface area contributed by atoms with Crippen molar-refractivity contribution in [3.05, 3.63) is 65.6 Å². The molecule has 0 radical (unpaired) electrons. The van der Waals surface area contributed by atoms with Gasteiger partial charge in [0.1, 0.15) is 41.1 Å². The summed E-state index contributed by atoms with van der Waals surface area (Å²) in [6, 6.07) is 10.5. The molecular formula is C42H46ClF3N7O4+. The summed E-state index contributed by atoms with van der Waals surface area (Å²) in [5, 5.41) is 2.17. The van der Waals surface area contributed by atoms with E-state index in [-0.39, 0.29) is 60.1 Å². The maximum atomic E-state index is 16.9. The van der Waals surface area contributed by atoms with Crippen molar-refractivity contribution in [1.29, 1.82) is 0 Å². The zero-order valence-corrected chi connectivity index (χ0v) is 33.2. The summed E-state index contributed by atoms with van der Waals surface area (Å²) in [7, 11) is 1.67. The first-order valence-corrected chi connectivity index (χ1v) is 19.8. The second-order valence-electron chi connectivity index (χ2n) is 16.6. The van der Waals surface area contributed by atoms with Gasteiger partial charge in [-0.3, -0.25) is 14.7 Å². The Kier molecular flexibility index (Phi) is 10.4. The zero-order valence-electron chi connectivity index (χ0n) is 32.4. The van der Waals surface area contributed by atoms with Gasteiger partial charge in [-0.1, -0.05) is 48.0 Å². The van der Waals surface area contributed by atoms with Crippen LogP contribution in [0.5, 0.6) is 6.01 Å². The van der Waals surface area contributed by atoms with E-state index in [0.717, 1.165) is 24.8 Å². The highest BCUT2D eigenvalue weighted by atomic mass is 35.5. The Balaban J connectivity index is 1.09. The van der Waals surface area contributed by atoms with Crippen molar-refractivity contribution in [2.24, 2.45) is 5.92 Å². The number of fused-ring (bicyclic) bond motifs is 3. The van der Waals surface area contributed by atoms with Crippen molar-refractivity contribution in [2.45, 2.75) is 76.0 Å². The molecule has 15 heteroatoms. The first-order chi connectivity index (χ1) is 27.2. The topological polar surface area (TPSA) is 104 Å². The molecule has 5 atom stereocenters. The van der Waals surface area contributed by atoms with Gasteiger partial charge in [0.05, 0.1) is 37.3 Å². The average molecular weight is 805 g/mol. The van der Waals surface area contributed by atoms with E-state index < -0.39 is 41.3 Å². The molecule has 2 amide bonds. The molecule has 0 bridgehead atoms. The molecule has 0 aliphatic carbocycles. The quantitative estimate of drug-likeness (QED) is 0.104. The molecule has 4 aliphatic rings. The van der Waals surface area contributed by atoms with Crippen molar-refractivity contribution >= 4 is 57.3 Å². The molecule has 8 rings (SSSR count). The molecule has 1 unspecified atom stereocenters. The van der Waals surface area contributed by atoms with Crippen molar-refractivity contribution < 1.29 is 36.8 Å². The number of nitrogens with zero attached hydrogens (tertiary/aromatic N) is 7. The third-order valence-corrected chi connectivity index (χ3v) is 11.8. The number of ether oxygens (including phenoxy) is 2. The Morgan fingerprint density at radius 3 is 2.63 bits per heavy atom. The standard InChI is InChI=1S/C42H46ClF3N7O4/c1-41(2,3)57-40(55)53-17-14-28(53)12-13-33(54)51-21-26(32(45)23-51)20-50(4)38-30-19-47-36(29-10-5-8-25-9-6-11-31(43)34(25)29)35(46)37(30)48-39(49-38)56-24-42-15-7-16-52(42)22-27(44)18-42/h5-6,8-13,19-20,26-28,32H,7,14-18,21-24H2,1-4H3/q+1/b13-12+,50-20?/t26?,27-,28+,32-,42+/m1/s1. The highest BCUT2D eigenvalue weighted by Crippen LogP contribution is 2.41. The first kappa shape index (κ1) is 39.0. The lowest BCUT2D eigenvalue weighted by Gasteiger charge is -2.39. The number of pyridine rings is 1. The maximum absolute atomic E-state index is 16.9. The van der Waals surface area contributed by atoms with E-state index >= 15 is 8.78 Å². The summed E-state index contributed by atoms with van der Waals surface area (Å²) in [6.07, 6.45) is 6.06. The first-order valence-electron chi connectivity index (χ1n) is 19.4. The fourth-order valence-corrected chi connectivity index (χ4v) is 8.89. The van der Waals surface area contributed by atoms with E-state index in [2.05, 4.69) is 14.9 Å². The maximum Gasteiger partial charge on any atom is 0.434 e. The molecule has 0 spiro atoms. The van der Waals surface area contributed by atoms with Crippen LogP contribution in [0.15, 0.2) is 54.7 Å². The minimum absolute atomic E-state index is 0.0398. The van der Waals surface area contributed by atoms with Gasteiger partial charge in [0, 0.05) is 59.3 Å². The molecule has 6 heterocycles. The number of alkyl halides is 2. The third kappa shape index (κ3) is 7.65. The number of rotatable bonds is 8. The highest BCUT2D eigenvalue weighted by Gasteiger charge is 2.49. The zero-order chi connectivity index (χ0) is 40.2. The molecule has 4 aromatic rings.